The van der Waals surface area contributed by atoms with Gasteiger partial charge in [0.05, 0.1) is 19.4 Å². The molecule has 8 heteroatoms. The number of rotatable bonds is 5. The molecule has 1 amide bonds. The molecule has 0 aliphatic carbocycles. The van der Waals surface area contributed by atoms with Crippen LogP contribution in [0.15, 0.2) is 30.5 Å². The molecule has 4 rings (SSSR count). The Morgan fingerprint density at radius 2 is 1.89 bits per heavy atom. The zero-order valence-corrected chi connectivity index (χ0v) is 16.2. The van der Waals surface area contributed by atoms with Crippen LogP contribution in [0.4, 0.5) is 5.00 Å². The number of aromatic nitrogens is 2. The number of benzene rings is 1. The maximum absolute atomic E-state index is 12.2. The molecule has 2 saturated heterocycles. The van der Waals surface area contributed by atoms with Crippen LogP contribution in [0.1, 0.15) is 28.8 Å². The average Bonchev–Trinajstić information content (AvgIpc) is 3.23. The normalized spacial score (nSPS) is 19.9. The molecule has 3 heterocycles. The van der Waals surface area contributed by atoms with Crippen molar-refractivity contribution in [2.24, 2.45) is 0 Å². The fourth-order valence-corrected chi connectivity index (χ4v) is 4.23. The summed E-state index contributed by atoms with van der Waals surface area (Å²) in [5.74, 6) is -0.126. The van der Waals surface area contributed by atoms with Crippen LogP contribution in [-0.4, -0.2) is 70.7 Å². The van der Waals surface area contributed by atoms with Gasteiger partial charge in [-0.25, -0.2) is 0 Å². The molecule has 2 aromatic rings. The first-order chi connectivity index (χ1) is 13.3. The third-order valence-electron chi connectivity index (χ3n) is 5.34. The monoisotopic (exact) mass is 387 g/mol. The molecule has 1 aromatic heterocycles. The molecule has 2 aliphatic rings. The molecule has 0 saturated carbocycles. The van der Waals surface area contributed by atoms with Gasteiger partial charge in [-0.2, -0.15) is 0 Å². The Labute approximate surface area is 163 Å². The zero-order chi connectivity index (χ0) is 18.5. The minimum absolute atomic E-state index is 0.126. The van der Waals surface area contributed by atoms with Crippen molar-refractivity contribution in [3.63, 3.8) is 0 Å². The first-order valence-electron chi connectivity index (χ1n) is 9.50. The Kier molecular flexibility index (Phi) is 6.08. The summed E-state index contributed by atoms with van der Waals surface area (Å²) in [6, 6.07) is 8.58. The third kappa shape index (κ3) is 4.90. The lowest BCUT2D eigenvalue weighted by Crippen LogP contribution is -2.48. The number of ether oxygens (including phenoxy) is 1. The molecule has 144 valence electrons. The van der Waals surface area contributed by atoms with Gasteiger partial charge in [-0.3, -0.25) is 14.6 Å². The second-order valence-corrected chi connectivity index (χ2v) is 7.87. The van der Waals surface area contributed by atoms with E-state index in [1.54, 1.807) is 6.20 Å². The lowest BCUT2D eigenvalue weighted by Gasteiger charge is -2.40. The van der Waals surface area contributed by atoms with Gasteiger partial charge in [-0.15, -0.1) is 5.10 Å². The summed E-state index contributed by atoms with van der Waals surface area (Å²) in [6.45, 7) is 7.10. The van der Waals surface area contributed by atoms with E-state index in [1.807, 2.05) is 24.3 Å². The molecule has 2 aliphatic heterocycles. The number of amides is 1. The van der Waals surface area contributed by atoms with Gasteiger partial charge >= 0.3 is 0 Å². The molecular weight excluding hydrogens is 362 g/mol. The number of hydrogen-bond donors (Lipinski definition) is 1. The lowest BCUT2D eigenvalue weighted by molar-refractivity contribution is 0.000231. The largest absolute Gasteiger partial charge is 0.379 e. The molecule has 27 heavy (non-hydrogen) atoms. The van der Waals surface area contributed by atoms with Crippen molar-refractivity contribution in [1.29, 1.82) is 0 Å². The van der Waals surface area contributed by atoms with Crippen molar-refractivity contribution >= 4 is 22.4 Å². The number of likely N-dealkylation sites (tertiary alicyclic amines) is 1. The average molecular weight is 388 g/mol. The summed E-state index contributed by atoms with van der Waals surface area (Å²) < 4.78 is 9.21. The quantitative estimate of drug-likeness (QED) is 0.847. The molecule has 0 spiro atoms. The van der Waals surface area contributed by atoms with Crippen molar-refractivity contribution in [1.82, 2.24) is 19.4 Å². The summed E-state index contributed by atoms with van der Waals surface area (Å²) in [5.41, 5.74) is 1.90. The van der Waals surface area contributed by atoms with Gasteiger partial charge in [0.1, 0.15) is 5.00 Å². The Bertz CT molecular complexity index is 723. The zero-order valence-electron chi connectivity index (χ0n) is 15.3. The van der Waals surface area contributed by atoms with Crippen LogP contribution >= 0.6 is 11.5 Å². The summed E-state index contributed by atoms with van der Waals surface area (Å²) >= 11 is 1.17. The lowest BCUT2D eigenvalue weighted by atomic mass is 10.0. The molecule has 7 nitrogen and oxygen atoms in total. The van der Waals surface area contributed by atoms with Gasteiger partial charge in [-0.1, -0.05) is 16.6 Å². The second-order valence-electron chi connectivity index (χ2n) is 7.09. The van der Waals surface area contributed by atoms with Crippen molar-refractivity contribution in [2.75, 3.05) is 44.7 Å². The van der Waals surface area contributed by atoms with Crippen LogP contribution in [0, 0.1) is 0 Å². The van der Waals surface area contributed by atoms with Gasteiger partial charge in [0.25, 0.3) is 5.91 Å². The van der Waals surface area contributed by atoms with Gasteiger partial charge < -0.3 is 10.1 Å². The number of carbonyl (C=O) groups excluding carboxylic acids is 1. The standard InChI is InChI=1S/C19H25N5O2S/c25-19(21-18-13-20-22-27-18)16-3-1-15(2-4-16)14-23-7-5-17(6-8-23)24-9-11-26-12-10-24/h1-4,13,17H,5-12,14H2,(H,21,25). The van der Waals surface area contributed by atoms with Gasteiger partial charge in [0, 0.05) is 42.8 Å². The van der Waals surface area contributed by atoms with Gasteiger partial charge in [0.15, 0.2) is 0 Å². The predicted octanol–water partition coefficient (Wildman–Crippen LogP) is 2.09. The van der Waals surface area contributed by atoms with E-state index in [9.17, 15) is 4.79 Å². The first-order valence-corrected chi connectivity index (χ1v) is 10.3. The van der Waals surface area contributed by atoms with Crippen LogP contribution in [0.25, 0.3) is 0 Å². The van der Waals surface area contributed by atoms with E-state index >= 15 is 0 Å². The Hall–Kier alpha value is -1.87. The minimum atomic E-state index is -0.126. The molecule has 2 fully saturated rings. The van der Waals surface area contributed by atoms with Gasteiger partial charge in [-0.05, 0) is 43.6 Å². The van der Waals surface area contributed by atoms with E-state index in [0.717, 1.165) is 45.9 Å². The third-order valence-corrected chi connectivity index (χ3v) is 5.92. The molecular formula is C19H25N5O2S. The van der Waals surface area contributed by atoms with E-state index in [-0.39, 0.29) is 5.91 Å². The molecule has 0 unspecified atom stereocenters. The van der Waals surface area contributed by atoms with E-state index in [2.05, 4.69) is 24.7 Å². The van der Waals surface area contributed by atoms with Crippen molar-refractivity contribution in [2.45, 2.75) is 25.4 Å². The number of nitrogens with zero attached hydrogens (tertiary/aromatic N) is 4. The van der Waals surface area contributed by atoms with Crippen molar-refractivity contribution in [3.05, 3.63) is 41.6 Å². The maximum atomic E-state index is 12.2. The fourth-order valence-electron chi connectivity index (χ4n) is 3.81. The molecule has 0 radical (unpaired) electrons. The van der Waals surface area contributed by atoms with Crippen molar-refractivity contribution in [3.8, 4) is 0 Å². The molecule has 0 bridgehead atoms. The smallest absolute Gasteiger partial charge is 0.256 e. The highest BCUT2D eigenvalue weighted by atomic mass is 32.1. The summed E-state index contributed by atoms with van der Waals surface area (Å²) in [4.78, 5) is 17.3. The number of hydrogen-bond acceptors (Lipinski definition) is 7. The highest BCUT2D eigenvalue weighted by Gasteiger charge is 2.25. The predicted molar refractivity (Wildman–Crippen MR) is 105 cm³/mol. The summed E-state index contributed by atoms with van der Waals surface area (Å²) in [5, 5.41) is 7.19. The summed E-state index contributed by atoms with van der Waals surface area (Å²) in [7, 11) is 0. The molecule has 1 aromatic carbocycles. The van der Waals surface area contributed by atoms with Gasteiger partial charge in [0.2, 0.25) is 0 Å². The van der Waals surface area contributed by atoms with Crippen LogP contribution < -0.4 is 5.32 Å². The molecule has 0 atom stereocenters. The Balaban J connectivity index is 1.26. The highest BCUT2D eigenvalue weighted by molar-refractivity contribution is 7.10. The SMILES string of the molecule is O=C(Nc1cnns1)c1ccc(CN2CCC(N3CCOCC3)CC2)cc1. The maximum Gasteiger partial charge on any atom is 0.256 e. The number of carbonyl (C=O) groups is 1. The van der Waals surface area contributed by atoms with E-state index in [4.69, 9.17) is 4.74 Å². The topological polar surface area (TPSA) is 70.6 Å². The summed E-state index contributed by atoms with van der Waals surface area (Å²) in [6.07, 6.45) is 4.00. The fraction of sp³-hybridized carbons (Fsp3) is 0.526. The number of morpholine rings is 1. The number of piperidine rings is 1. The van der Waals surface area contributed by atoms with Crippen LogP contribution in [0.2, 0.25) is 0 Å². The van der Waals surface area contributed by atoms with Crippen LogP contribution in [0.5, 0.6) is 0 Å². The first kappa shape index (κ1) is 18.5. The van der Waals surface area contributed by atoms with E-state index in [0.29, 0.717) is 16.6 Å². The van der Waals surface area contributed by atoms with Crippen LogP contribution in [-0.2, 0) is 11.3 Å². The number of anilines is 1. The minimum Gasteiger partial charge on any atom is -0.379 e. The van der Waals surface area contributed by atoms with E-state index < -0.39 is 0 Å². The Morgan fingerprint density at radius 3 is 2.56 bits per heavy atom. The number of nitrogens with one attached hydrogen (secondary N) is 1. The second kappa shape index (κ2) is 8.88. The van der Waals surface area contributed by atoms with Crippen molar-refractivity contribution < 1.29 is 9.53 Å². The van der Waals surface area contributed by atoms with Crippen LogP contribution in [0.3, 0.4) is 0 Å². The van der Waals surface area contributed by atoms with E-state index in [1.165, 1.54) is 29.9 Å². The Morgan fingerprint density at radius 1 is 1.15 bits per heavy atom. The highest BCUT2D eigenvalue weighted by Crippen LogP contribution is 2.20. The molecule has 1 N–H and O–H groups in total.